The van der Waals surface area contributed by atoms with Gasteiger partial charge in [0.1, 0.15) is 5.69 Å². The number of aromatic nitrogens is 2. The molecule has 2 N–H and O–H groups in total. The van der Waals surface area contributed by atoms with Gasteiger partial charge in [-0.1, -0.05) is 0 Å². The SMILES string of the molecule is Cc1cnn(CCNc2cc(C(=O)O)ccc2[N+](=O)[O-])c1. The Morgan fingerprint density at radius 3 is 2.86 bits per heavy atom. The van der Waals surface area contributed by atoms with E-state index in [9.17, 15) is 14.9 Å². The van der Waals surface area contributed by atoms with Gasteiger partial charge in [0, 0.05) is 18.8 Å². The number of carboxylic acids is 1. The van der Waals surface area contributed by atoms with Crippen LogP contribution in [0.1, 0.15) is 15.9 Å². The molecule has 2 aromatic rings. The van der Waals surface area contributed by atoms with Crippen molar-refractivity contribution in [3.63, 3.8) is 0 Å². The average Bonchev–Trinajstić information content (AvgIpc) is 2.84. The number of nitrogens with one attached hydrogen (secondary N) is 1. The lowest BCUT2D eigenvalue weighted by atomic mass is 10.1. The third-order valence-electron chi connectivity index (χ3n) is 2.86. The van der Waals surface area contributed by atoms with Crippen molar-refractivity contribution in [3.05, 3.63) is 51.8 Å². The summed E-state index contributed by atoms with van der Waals surface area (Å²) in [5.41, 5.74) is 1.05. The first-order valence-electron chi connectivity index (χ1n) is 6.22. The summed E-state index contributed by atoms with van der Waals surface area (Å²) in [6.07, 6.45) is 3.57. The largest absolute Gasteiger partial charge is 0.478 e. The Balaban J connectivity index is 2.11. The lowest BCUT2D eigenvalue weighted by Crippen LogP contribution is -2.12. The summed E-state index contributed by atoms with van der Waals surface area (Å²) >= 11 is 0. The molecule has 0 atom stereocenters. The molecule has 0 saturated carbocycles. The molecule has 2 rings (SSSR count). The van der Waals surface area contributed by atoms with Gasteiger partial charge in [-0.2, -0.15) is 5.10 Å². The molecule has 1 heterocycles. The Morgan fingerprint density at radius 2 is 2.29 bits per heavy atom. The predicted octanol–water partition coefficient (Wildman–Crippen LogP) is 1.91. The van der Waals surface area contributed by atoms with Gasteiger partial charge in [0.2, 0.25) is 0 Å². The first kappa shape index (κ1) is 14.5. The number of carbonyl (C=O) groups is 1. The van der Waals surface area contributed by atoms with Crippen LogP contribution in [-0.4, -0.2) is 32.3 Å². The van der Waals surface area contributed by atoms with Crippen molar-refractivity contribution >= 4 is 17.3 Å². The number of anilines is 1. The van der Waals surface area contributed by atoms with Gasteiger partial charge < -0.3 is 10.4 Å². The third-order valence-corrected chi connectivity index (χ3v) is 2.86. The molecule has 0 bridgehead atoms. The summed E-state index contributed by atoms with van der Waals surface area (Å²) in [7, 11) is 0. The Kier molecular flexibility index (Phi) is 4.17. The maximum Gasteiger partial charge on any atom is 0.335 e. The highest BCUT2D eigenvalue weighted by atomic mass is 16.6. The van der Waals surface area contributed by atoms with Crippen LogP contribution in [0.5, 0.6) is 0 Å². The molecular weight excluding hydrogens is 276 g/mol. The van der Waals surface area contributed by atoms with Crippen molar-refractivity contribution in [2.45, 2.75) is 13.5 Å². The lowest BCUT2D eigenvalue weighted by Gasteiger charge is -2.08. The molecule has 0 aliphatic carbocycles. The van der Waals surface area contributed by atoms with Gasteiger partial charge in [-0.15, -0.1) is 0 Å². The number of benzene rings is 1. The zero-order valence-electron chi connectivity index (χ0n) is 11.3. The quantitative estimate of drug-likeness (QED) is 0.621. The smallest absolute Gasteiger partial charge is 0.335 e. The van der Waals surface area contributed by atoms with Gasteiger partial charge >= 0.3 is 5.97 Å². The van der Waals surface area contributed by atoms with Crippen molar-refractivity contribution in [2.75, 3.05) is 11.9 Å². The summed E-state index contributed by atoms with van der Waals surface area (Å²) in [5, 5.41) is 26.9. The zero-order valence-corrected chi connectivity index (χ0v) is 11.3. The number of aryl methyl sites for hydroxylation is 1. The number of nitrogens with zero attached hydrogens (tertiary/aromatic N) is 3. The fourth-order valence-electron chi connectivity index (χ4n) is 1.86. The summed E-state index contributed by atoms with van der Waals surface area (Å²) in [5.74, 6) is -1.13. The number of nitro groups is 1. The van der Waals surface area contributed by atoms with E-state index < -0.39 is 10.9 Å². The van der Waals surface area contributed by atoms with E-state index >= 15 is 0 Å². The van der Waals surface area contributed by atoms with Gasteiger partial charge in [0.25, 0.3) is 5.69 Å². The fraction of sp³-hybridized carbons (Fsp3) is 0.231. The van der Waals surface area contributed by atoms with E-state index in [1.165, 1.54) is 18.2 Å². The molecule has 0 spiro atoms. The number of aromatic carboxylic acids is 1. The van der Waals surface area contributed by atoms with Gasteiger partial charge in [-0.05, 0) is 24.6 Å². The van der Waals surface area contributed by atoms with E-state index in [2.05, 4.69) is 10.4 Å². The molecule has 21 heavy (non-hydrogen) atoms. The first-order chi connectivity index (χ1) is 9.97. The van der Waals surface area contributed by atoms with Gasteiger partial charge in [-0.3, -0.25) is 14.8 Å². The molecule has 0 radical (unpaired) electrons. The minimum Gasteiger partial charge on any atom is -0.478 e. The van der Waals surface area contributed by atoms with Crippen LogP contribution in [0.3, 0.4) is 0 Å². The van der Waals surface area contributed by atoms with Crippen LogP contribution >= 0.6 is 0 Å². The van der Waals surface area contributed by atoms with Crippen LogP contribution in [0.15, 0.2) is 30.6 Å². The van der Waals surface area contributed by atoms with E-state index in [1.807, 2.05) is 13.1 Å². The van der Waals surface area contributed by atoms with E-state index in [1.54, 1.807) is 10.9 Å². The van der Waals surface area contributed by atoms with Crippen molar-refractivity contribution in [1.29, 1.82) is 0 Å². The van der Waals surface area contributed by atoms with Gasteiger partial charge in [0.05, 0.1) is 23.2 Å². The monoisotopic (exact) mass is 290 g/mol. The third kappa shape index (κ3) is 3.56. The molecular formula is C13H14N4O4. The highest BCUT2D eigenvalue weighted by Gasteiger charge is 2.16. The van der Waals surface area contributed by atoms with Crippen LogP contribution in [0, 0.1) is 17.0 Å². The van der Waals surface area contributed by atoms with Crippen molar-refractivity contribution in [1.82, 2.24) is 9.78 Å². The Morgan fingerprint density at radius 1 is 1.52 bits per heavy atom. The maximum atomic E-state index is 10.9. The van der Waals surface area contributed by atoms with E-state index in [0.717, 1.165) is 5.56 Å². The second-order valence-electron chi connectivity index (χ2n) is 4.50. The van der Waals surface area contributed by atoms with E-state index in [4.69, 9.17) is 5.11 Å². The molecule has 1 aromatic heterocycles. The summed E-state index contributed by atoms with van der Waals surface area (Å²) < 4.78 is 1.70. The lowest BCUT2D eigenvalue weighted by molar-refractivity contribution is -0.384. The molecule has 0 aliphatic heterocycles. The highest BCUT2D eigenvalue weighted by molar-refractivity contribution is 5.90. The van der Waals surface area contributed by atoms with E-state index in [0.29, 0.717) is 13.1 Å². The molecule has 0 aliphatic rings. The molecule has 0 saturated heterocycles. The van der Waals surface area contributed by atoms with Crippen molar-refractivity contribution < 1.29 is 14.8 Å². The van der Waals surface area contributed by atoms with Crippen molar-refractivity contribution in [3.8, 4) is 0 Å². The van der Waals surface area contributed by atoms with Crippen LogP contribution in [0.25, 0.3) is 0 Å². The molecule has 0 unspecified atom stereocenters. The first-order valence-corrected chi connectivity index (χ1v) is 6.22. The van der Waals surface area contributed by atoms with E-state index in [-0.39, 0.29) is 16.9 Å². The Hall–Kier alpha value is -2.90. The van der Waals surface area contributed by atoms with Crippen molar-refractivity contribution in [2.24, 2.45) is 0 Å². The standard InChI is InChI=1S/C13H14N4O4/c1-9-7-15-16(8-9)5-4-14-11-6-10(13(18)19)2-3-12(11)17(20)21/h2-3,6-8,14H,4-5H2,1H3,(H,18,19). The van der Waals surface area contributed by atoms with Crippen LogP contribution in [0.4, 0.5) is 11.4 Å². The number of hydrogen-bond acceptors (Lipinski definition) is 5. The normalized spacial score (nSPS) is 10.3. The molecule has 0 amide bonds. The Labute approximate surface area is 120 Å². The second kappa shape index (κ2) is 6.04. The molecule has 110 valence electrons. The van der Waals surface area contributed by atoms with Crippen LogP contribution in [-0.2, 0) is 6.54 Å². The molecule has 1 aromatic carbocycles. The minimum atomic E-state index is -1.13. The highest BCUT2D eigenvalue weighted by Crippen LogP contribution is 2.25. The molecule has 8 nitrogen and oxygen atoms in total. The number of hydrogen-bond donors (Lipinski definition) is 2. The number of rotatable bonds is 6. The average molecular weight is 290 g/mol. The topological polar surface area (TPSA) is 110 Å². The molecule has 8 heteroatoms. The second-order valence-corrected chi connectivity index (χ2v) is 4.50. The van der Waals surface area contributed by atoms with Gasteiger partial charge in [0.15, 0.2) is 0 Å². The predicted molar refractivity (Wildman–Crippen MR) is 75.5 cm³/mol. The minimum absolute atomic E-state index is 0.00182. The number of carboxylic acid groups (broad SMARTS) is 1. The summed E-state index contributed by atoms with van der Waals surface area (Å²) in [6, 6.07) is 3.65. The summed E-state index contributed by atoms with van der Waals surface area (Å²) in [4.78, 5) is 21.3. The zero-order chi connectivity index (χ0) is 15.4. The number of nitro benzene ring substituents is 1. The van der Waals surface area contributed by atoms with Crippen LogP contribution < -0.4 is 5.32 Å². The summed E-state index contributed by atoms with van der Waals surface area (Å²) in [6.45, 7) is 2.82. The molecule has 0 fully saturated rings. The fourth-order valence-corrected chi connectivity index (χ4v) is 1.86. The van der Waals surface area contributed by atoms with Gasteiger partial charge in [-0.25, -0.2) is 4.79 Å². The van der Waals surface area contributed by atoms with Crippen LogP contribution in [0.2, 0.25) is 0 Å². The maximum absolute atomic E-state index is 10.9. The Bertz CT molecular complexity index is 681.